The predicted molar refractivity (Wildman–Crippen MR) is 98.0 cm³/mol. The summed E-state index contributed by atoms with van der Waals surface area (Å²) >= 11 is 0. The molecule has 1 saturated heterocycles. The summed E-state index contributed by atoms with van der Waals surface area (Å²) in [5, 5.41) is 0. The highest BCUT2D eigenvalue weighted by molar-refractivity contribution is 5.78. The molecule has 2 aromatic carbocycles. The van der Waals surface area contributed by atoms with Crippen LogP contribution in [-0.2, 0) is 9.53 Å². The minimum Gasteiger partial charge on any atom is -0.484 e. The summed E-state index contributed by atoms with van der Waals surface area (Å²) in [7, 11) is 4.03. The maximum atomic E-state index is 12.4. The zero-order valence-electron chi connectivity index (χ0n) is 14.7. The fraction of sp³-hybridized carbons (Fsp3) is 0.350. The van der Waals surface area contributed by atoms with E-state index >= 15 is 0 Å². The Bertz CT molecular complexity index is 686. The Morgan fingerprint density at radius 1 is 1.16 bits per heavy atom. The number of rotatable bonds is 5. The van der Waals surface area contributed by atoms with E-state index in [0.29, 0.717) is 25.4 Å². The molecule has 1 unspecified atom stereocenters. The number of amides is 1. The van der Waals surface area contributed by atoms with Crippen LogP contribution < -0.4 is 9.64 Å². The van der Waals surface area contributed by atoms with Crippen LogP contribution >= 0.6 is 0 Å². The van der Waals surface area contributed by atoms with Crippen molar-refractivity contribution in [2.75, 3.05) is 45.3 Å². The first-order chi connectivity index (χ1) is 12.1. The number of hydrogen-bond donors (Lipinski definition) is 0. The lowest BCUT2D eigenvalue weighted by Crippen LogP contribution is -2.44. The van der Waals surface area contributed by atoms with Gasteiger partial charge in [0.1, 0.15) is 11.9 Å². The molecule has 132 valence electrons. The molecule has 1 atom stereocenters. The number of benzene rings is 2. The lowest BCUT2D eigenvalue weighted by atomic mass is 10.1. The molecule has 0 saturated carbocycles. The van der Waals surface area contributed by atoms with Gasteiger partial charge in [0.25, 0.3) is 5.91 Å². The van der Waals surface area contributed by atoms with E-state index < -0.39 is 0 Å². The molecule has 0 spiro atoms. The maximum Gasteiger partial charge on any atom is 0.260 e. The predicted octanol–water partition coefficient (Wildman–Crippen LogP) is 2.73. The monoisotopic (exact) mass is 340 g/mol. The van der Waals surface area contributed by atoms with Gasteiger partial charge in [-0.25, -0.2) is 0 Å². The van der Waals surface area contributed by atoms with Gasteiger partial charge in [-0.05, 0) is 29.8 Å². The van der Waals surface area contributed by atoms with Crippen LogP contribution in [0.15, 0.2) is 54.6 Å². The summed E-state index contributed by atoms with van der Waals surface area (Å²) in [6, 6.07) is 17.7. The molecule has 0 aromatic heterocycles. The third-order valence-electron chi connectivity index (χ3n) is 4.31. The van der Waals surface area contributed by atoms with Gasteiger partial charge >= 0.3 is 0 Å². The van der Waals surface area contributed by atoms with Crippen molar-refractivity contribution in [2.45, 2.75) is 6.10 Å². The van der Waals surface area contributed by atoms with Crippen molar-refractivity contribution in [1.82, 2.24) is 4.90 Å². The molecule has 5 nitrogen and oxygen atoms in total. The topological polar surface area (TPSA) is 42.0 Å². The molecule has 1 heterocycles. The Balaban J connectivity index is 1.57. The first kappa shape index (κ1) is 17.3. The van der Waals surface area contributed by atoms with Crippen LogP contribution in [0, 0.1) is 0 Å². The van der Waals surface area contributed by atoms with E-state index in [2.05, 4.69) is 29.2 Å². The van der Waals surface area contributed by atoms with Crippen molar-refractivity contribution >= 4 is 11.6 Å². The largest absolute Gasteiger partial charge is 0.484 e. The molecular weight excluding hydrogens is 316 g/mol. The van der Waals surface area contributed by atoms with Crippen LogP contribution in [0.1, 0.15) is 11.7 Å². The summed E-state index contributed by atoms with van der Waals surface area (Å²) in [6.07, 6.45) is -0.0920. The number of ether oxygens (including phenoxy) is 2. The van der Waals surface area contributed by atoms with Crippen LogP contribution in [0.3, 0.4) is 0 Å². The van der Waals surface area contributed by atoms with Crippen LogP contribution in [0.5, 0.6) is 5.75 Å². The zero-order valence-corrected chi connectivity index (χ0v) is 14.7. The molecule has 3 rings (SSSR count). The molecule has 1 aliphatic rings. The summed E-state index contributed by atoms with van der Waals surface area (Å²) < 4.78 is 11.4. The lowest BCUT2D eigenvalue weighted by molar-refractivity contribution is -0.141. The number of morpholine rings is 1. The average Bonchev–Trinajstić information content (AvgIpc) is 2.67. The van der Waals surface area contributed by atoms with Gasteiger partial charge in [-0.1, -0.05) is 30.3 Å². The van der Waals surface area contributed by atoms with Gasteiger partial charge in [-0.15, -0.1) is 0 Å². The highest BCUT2D eigenvalue weighted by atomic mass is 16.5. The van der Waals surface area contributed by atoms with E-state index in [-0.39, 0.29) is 18.6 Å². The van der Waals surface area contributed by atoms with E-state index in [4.69, 9.17) is 9.47 Å². The van der Waals surface area contributed by atoms with Gasteiger partial charge < -0.3 is 19.3 Å². The van der Waals surface area contributed by atoms with E-state index in [1.165, 1.54) is 0 Å². The summed E-state index contributed by atoms with van der Waals surface area (Å²) in [5.74, 6) is 0.696. The zero-order chi connectivity index (χ0) is 17.6. The van der Waals surface area contributed by atoms with Gasteiger partial charge in [-0.3, -0.25) is 4.79 Å². The summed E-state index contributed by atoms with van der Waals surface area (Å²) in [6.45, 7) is 1.75. The first-order valence-corrected chi connectivity index (χ1v) is 8.48. The number of anilines is 1. The Labute approximate surface area is 148 Å². The number of carbonyl (C=O) groups excluding carboxylic acids is 1. The van der Waals surface area contributed by atoms with E-state index in [1.54, 1.807) is 0 Å². The second kappa shape index (κ2) is 8.03. The number of hydrogen-bond acceptors (Lipinski definition) is 4. The summed E-state index contributed by atoms with van der Waals surface area (Å²) in [5.41, 5.74) is 2.23. The van der Waals surface area contributed by atoms with Crippen LogP contribution in [0.2, 0.25) is 0 Å². The average molecular weight is 340 g/mol. The first-order valence-electron chi connectivity index (χ1n) is 8.48. The molecule has 0 bridgehead atoms. The third kappa shape index (κ3) is 4.51. The van der Waals surface area contributed by atoms with Gasteiger partial charge in [0, 0.05) is 26.3 Å². The second-order valence-corrected chi connectivity index (χ2v) is 6.29. The highest BCUT2D eigenvalue weighted by Crippen LogP contribution is 2.24. The van der Waals surface area contributed by atoms with Crippen molar-refractivity contribution in [2.24, 2.45) is 0 Å². The molecule has 1 fully saturated rings. The van der Waals surface area contributed by atoms with Crippen molar-refractivity contribution in [1.29, 1.82) is 0 Å². The Morgan fingerprint density at radius 2 is 1.88 bits per heavy atom. The van der Waals surface area contributed by atoms with Crippen molar-refractivity contribution in [3.8, 4) is 5.75 Å². The minimum atomic E-state index is -0.0920. The fourth-order valence-electron chi connectivity index (χ4n) is 2.82. The van der Waals surface area contributed by atoms with Crippen LogP contribution in [0.4, 0.5) is 5.69 Å². The summed E-state index contributed by atoms with van der Waals surface area (Å²) in [4.78, 5) is 16.3. The van der Waals surface area contributed by atoms with Gasteiger partial charge in [0.2, 0.25) is 0 Å². The van der Waals surface area contributed by atoms with Crippen molar-refractivity contribution in [3.05, 3.63) is 60.2 Å². The van der Waals surface area contributed by atoms with Gasteiger partial charge in [0.05, 0.1) is 13.2 Å². The quantitative estimate of drug-likeness (QED) is 0.839. The second-order valence-electron chi connectivity index (χ2n) is 6.29. The van der Waals surface area contributed by atoms with E-state index in [0.717, 1.165) is 11.3 Å². The Hall–Kier alpha value is -2.53. The van der Waals surface area contributed by atoms with Crippen molar-refractivity contribution in [3.63, 3.8) is 0 Å². The molecule has 2 aromatic rings. The van der Waals surface area contributed by atoms with E-state index in [9.17, 15) is 4.79 Å². The standard InChI is InChI=1S/C20H24N2O3/c1-21(2)17-10-8-16(9-11-17)19-14-22(12-13-24-19)20(23)15-25-18-6-4-3-5-7-18/h3-11,19H,12-15H2,1-2H3. The number of nitrogens with zero attached hydrogens (tertiary/aromatic N) is 2. The normalized spacial score (nSPS) is 17.2. The Morgan fingerprint density at radius 3 is 2.56 bits per heavy atom. The highest BCUT2D eigenvalue weighted by Gasteiger charge is 2.25. The number of carbonyl (C=O) groups is 1. The lowest BCUT2D eigenvalue weighted by Gasteiger charge is -2.33. The fourth-order valence-corrected chi connectivity index (χ4v) is 2.82. The molecule has 1 aliphatic heterocycles. The van der Waals surface area contributed by atoms with Crippen molar-refractivity contribution < 1.29 is 14.3 Å². The third-order valence-corrected chi connectivity index (χ3v) is 4.31. The molecule has 0 aliphatic carbocycles. The molecule has 5 heteroatoms. The van der Waals surface area contributed by atoms with E-state index in [1.807, 2.05) is 49.3 Å². The molecular formula is C20H24N2O3. The Kier molecular flexibility index (Phi) is 5.56. The number of para-hydroxylation sites is 1. The maximum absolute atomic E-state index is 12.4. The van der Waals surface area contributed by atoms with Gasteiger partial charge in [0.15, 0.2) is 6.61 Å². The van der Waals surface area contributed by atoms with Crippen LogP contribution in [-0.4, -0.2) is 51.2 Å². The smallest absolute Gasteiger partial charge is 0.260 e. The van der Waals surface area contributed by atoms with Gasteiger partial charge in [-0.2, -0.15) is 0 Å². The van der Waals surface area contributed by atoms with Crippen LogP contribution in [0.25, 0.3) is 0 Å². The molecule has 1 amide bonds. The molecule has 0 radical (unpaired) electrons. The SMILES string of the molecule is CN(C)c1ccc(C2CN(C(=O)COc3ccccc3)CCO2)cc1. The molecule has 25 heavy (non-hydrogen) atoms. The minimum absolute atomic E-state index is 0.0120. The molecule has 0 N–H and O–H groups in total.